The van der Waals surface area contributed by atoms with Gasteiger partial charge in [-0.2, -0.15) is 0 Å². The molecule has 2 rings (SSSR count). The number of hydrogen-bond donors (Lipinski definition) is 0. The van der Waals surface area contributed by atoms with Crippen LogP contribution >= 0.6 is 11.3 Å². The van der Waals surface area contributed by atoms with Crippen LogP contribution in [0.2, 0.25) is 0 Å². The minimum absolute atomic E-state index is 0.0440. The molecule has 0 spiro atoms. The van der Waals surface area contributed by atoms with Crippen LogP contribution in [0, 0.1) is 0 Å². The summed E-state index contributed by atoms with van der Waals surface area (Å²) in [5, 5.41) is 2.78. The summed E-state index contributed by atoms with van der Waals surface area (Å²) in [5.41, 5.74) is 0. The Hall–Kier alpha value is -1.47. The molecule has 1 aromatic heterocycles. The molecule has 1 aliphatic heterocycles. The highest BCUT2D eigenvalue weighted by molar-refractivity contribution is 7.09. The van der Waals surface area contributed by atoms with Crippen molar-refractivity contribution in [2.24, 2.45) is 0 Å². The molecule has 2 heterocycles. The van der Waals surface area contributed by atoms with Crippen LogP contribution in [-0.2, 0) is 20.9 Å². The lowest BCUT2D eigenvalue weighted by Gasteiger charge is -2.29. The summed E-state index contributed by atoms with van der Waals surface area (Å²) in [6.45, 7) is 2.30. The topological polar surface area (TPSA) is 62.7 Å². The average molecular weight is 311 g/mol. The fourth-order valence-corrected chi connectivity index (χ4v) is 2.91. The third kappa shape index (κ3) is 4.78. The van der Waals surface area contributed by atoms with Crippen LogP contribution in [0.3, 0.4) is 0 Å². The SMILES string of the molecule is COCCN(Cc1nccs1)C(=O)CN1CCCCC1=O. The van der Waals surface area contributed by atoms with Crippen LogP contribution < -0.4 is 0 Å². The highest BCUT2D eigenvalue weighted by atomic mass is 32.1. The number of carbonyl (C=O) groups excluding carboxylic acids is 2. The number of rotatable bonds is 7. The highest BCUT2D eigenvalue weighted by Gasteiger charge is 2.23. The van der Waals surface area contributed by atoms with E-state index in [0.717, 1.165) is 17.8 Å². The first kappa shape index (κ1) is 15.9. The lowest BCUT2D eigenvalue weighted by Crippen LogP contribution is -2.45. The Bertz CT molecular complexity index is 464. The molecule has 0 bridgehead atoms. The first-order valence-corrected chi connectivity index (χ1v) is 8.01. The van der Waals surface area contributed by atoms with Gasteiger partial charge in [0.1, 0.15) is 5.01 Å². The summed E-state index contributed by atoms with van der Waals surface area (Å²) in [6.07, 6.45) is 4.19. The van der Waals surface area contributed by atoms with Crippen LogP contribution in [0.15, 0.2) is 11.6 Å². The second kappa shape index (κ2) is 8.09. The zero-order valence-corrected chi connectivity index (χ0v) is 13.1. The van der Waals surface area contributed by atoms with Crippen molar-refractivity contribution in [3.63, 3.8) is 0 Å². The van der Waals surface area contributed by atoms with Crippen LogP contribution in [0.5, 0.6) is 0 Å². The molecule has 0 N–H and O–H groups in total. The molecule has 0 saturated carbocycles. The van der Waals surface area contributed by atoms with E-state index in [-0.39, 0.29) is 18.4 Å². The fourth-order valence-electron chi connectivity index (χ4n) is 2.28. The normalized spacial score (nSPS) is 15.3. The van der Waals surface area contributed by atoms with Crippen molar-refractivity contribution >= 4 is 23.2 Å². The molecular weight excluding hydrogens is 290 g/mol. The Morgan fingerprint density at radius 2 is 2.38 bits per heavy atom. The van der Waals surface area contributed by atoms with Gasteiger partial charge in [-0.1, -0.05) is 0 Å². The number of methoxy groups -OCH3 is 1. The van der Waals surface area contributed by atoms with Crippen LogP contribution in [0.4, 0.5) is 0 Å². The average Bonchev–Trinajstić information content (AvgIpc) is 2.98. The number of thiazole rings is 1. The number of aromatic nitrogens is 1. The number of hydrogen-bond acceptors (Lipinski definition) is 5. The lowest BCUT2D eigenvalue weighted by atomic mass is 10.1. The molecule has 0 aromatic carbocycles. The Morgan fingerprint density at radius 1 is 1.52 bits per heavy atom. The Balaban J connectivity index is 1.94. The molecule has 1 aromatic rings. The van der Waals surface area contributed by atoms with Crippen molar-refractivity contribution < 1.29 is 14.3 Å². The molecule has 1 aliphatic rings. The summed E-state index contributed by atoms with van der Waals surface area (Å²) in [5.74, 6) is 0.0352. The molecule has 1 fully saturated rings. The van der Waals surface area contributed by atoms with Gasteiger partial charge in [-0.3, -0.25) is 9.59 Å². The highest BCUT2D eigenvalue weighted by Crippen LogP contribution is 2.12. The Kier molecular flexibility index (Phi) is 6.13. The van der Waals surface area contributed by atoms with Gasteiger partial charge in [0.15, 0.2) is 0 Å². The van der Waals surface area contributed by atoms with E-state index < -0.39 is 0 Å². The van der Waals surface area contributed by atoms with E-state index in [0.29, 0.717) is 32.7 Å². The van der Waals surface area contributed by atoms with Gasteiger partial charge >= 0.3 is 0 Å². The molecule has 6 nitrogen and oxygen atoms in total. The van der Waals surface area contributed by atoms with Crippen molar-refractivity contribution in [2.45, 2.75) is 25.8 Å². The summed E-state index contributed by atoms with van der Waals surface area (Å²) in [4.78, 5) is 31.8. The maximum Gasteiger partial charge on any atom is 0.242 e. The largest absolute Gasteiger partial charge is 0.383 e. The predicted molar refractivity (Wildman–Crippen MR) is 79.8 cm³/mol. The standard InChI is InChI=1S/C14H21N3O3S/c1-20-8-7-17(10-12-15-5-9-21-12)14(19)11-16-6-3-2-4-13(16)18/h5,9H,2-4,6-8,10-11H2,1H3. The van der Waals surface area contributed by atoms with Crippen LogP contribution in [0.1, 0.15) is 24.3 Å². The third-order valence-corrected chi connectivity index (χ3v) is 4.24. The van der Waals surface area contributed by atoms with E-state index in [4.69, 9.17) is 4.74 Å². The van der Waals surface area contributed by atoms with Gasteiger partial charge in [0, 0.05) is 38.2 Å². The van der Waals surface area contributed by atoms with E-state index >= 15 is 0 Å². The van der Waals surface area contributed by atoms with E-state index in [1.807, 2.05) is 5.38 Å². The fraction of sp³-hybridized carbons (Fsp3) is 0.643. The number of ether oxygens (including phenoxy) is 1. The lowest BCUT2D eigenvalue weighted by molar-refractivity contribution is -0.142. The molecule has 7 heteroatoms. The van der Waals surface area contributed by atoms with Crippen molar-refractivity contribution in [3.05, 3.63) is 16.6 Å². The molecule has 0 unspecified atom stereocenters. The number of likely N-dealkylation sites (tertiary alicyclic amines) is 1. The molecule has 0 radical (unpaired) electrons. The molecule has 116 valence electrons. The molecule has 0 atom stereocenters. The molecule has 2 amide bonds. The van der Waals surface area contributed by atoms with Crippen molar-refractivity contribution in [2.75, 3.05) is 33.4 Å². The second-order valence-electron chi connectivity index (χ2n) is 5.01. The Morgan fingerprint density at radius 3 is 3.05 bits per heavy atom. The van der Waals surface area contributed by atoms with Gasteiger partial charge in [-0.25, -0.2) is 4.98 Å². The van der Waals surface area contributed by atoms with Gasteiger partial charge in [-0.05, 0) is 12.8 Å². The summed E-state index contributed by atoms with van der Waals surface area (Å²) >= 11 is 1.52. The van der Waals surface area contributed by atoms with E-state index in [1.54, 1.807) is 23.1 Å². The van der Waals surface area contributed by atoms with Gasteiger partial charge in [-0.15, -0.1) is 11.3 Å². The maximum absolute atomic E-state index is 12.4. The smallest absolute Gasteiger partial charge is 0.242 e. The van der Waals surface area contributed by atoms with Gasteiger partial charge in [0.25, 0.3) is 0 Å². The number of carbonyl (C=O) groups is 2. The molecule has 21 heavy (non-hydrogen) atoms. The van der Waals surface area contributed by atoms with Gasteiger partial charge in [0.2, 0.25) is 11.8 Å². The first-order chi connectivity index (χ1) is 10.2. The zero-order valence-electron chi connectivity index (χ0n) is 12.3. The van der Waals surface area contributed by atoms with Crippen molar-refractivity contribution in [3.8, 4) is 0 Å². The van der Waals surface area contributed by atoms with Gasteiger partial charge < -0.3 is 14.5 Å². The Labute approximate surface area is 128 Å². The number of nitrogens with zero attached hydrogens (tertiary/aromatic N) is 3. The minimum atomic E-state index is -0.0440. The van der Waals surface area contributed by atoms with Crippen molar-refractivity contribution in [1.82, 2.24) is 14.8 Å². The molecule has 1 saturated heterocycles. The van der Waals surface area contributed by atoms with Crippen molar-refractivity contribution in [1.29, 1.82) is 0 Å². The molecule has 0 aliphatic carbocycles. The zero-order chi connectivity index (χ0) is 15.1. The number of piperidine rings is 1. The quantitative estimate of drug-likeness (QED) is 0.757. The van der Waals surface area contributed by atoms with E-state index in [2.05, 4.69) is 4.98 Å². The second-order valence-corrected chi connectivity index (χ2v) is 5.99. The van der Waals surface area contributed by atoms with E-state index in [1.165, 1.54) is 11.3 Å². The molecular formula is C14H21N3O3S. The third-order valence-electron chi connectivity index (χ3n) is 3.48. The summed E-state index contributed by atoms with van der Waals surface area (Å²) < 4.78 is 5.06. The monoisotopic (exact) mass is 311 g/mol. The van der Waals surface area contributed by atoms with Gasteiger partial charge in [0.05, 0.1) is 19.7 Å². The number of amides is 2. The van der Waals surface area contributed by atoms with Crippen LogP contribution in [0.25, 0.3) is 0 Å². The predicted octanol–water partition coefficient (Wildman–Crippen LogP) is 1.13. The van der Waals surface area contributed by atoms with Crippen LogP contribution in [-0.4, -0.2) is 59.9 Å². The summed E-state index contributed by atoms with van der Waals surface area (Å²) in [6, 6.07) is 0. The first-order valence-electron chi connectivity index (χ1n) is 7.13. The van der Waals surface area contributed by atoms with E-state index in [9.17, 15) is 9.59 Å². The minimum Gasteiger partial charge on any atom is -0.383 e. The maximum atomic E-state index is 12.4. The summed E-state index contributed by atoms with van der Waals surface area (Å²) in [7, 11) is 1.61.